The summed E-state index contributed by atoms with van der Waals surface area (Å²) in [7, 11) is 4.08. The minimum absolute atomic E-state index is 0.178. The molecule has 0 unspecified atom stereocenters. The van der Waals surface area contributed by atoms with E-state index in [-0.39, 0.29) is 24.4 Å². The van der Waals surface area contributed by atoms with E-state index in [1.54, 1.807) is 6.20 Å². The van der Waals surface area contributed by atoms with Gasteiger partial charge in [0.25, 0.3) is 11.8 Å². The van der Waals surface area contributed by atoms with E-state index in [1.807, 2.05) is 51.2 Å². The maximum atomic E-state index is 13.6. The van der Waals surface area contributed by atoms with Gasteiger partial charge in [0.05, 0.1) is 17.8 Å². The first-order valence-corrected chi connectivity index (χ1v) is 10.9. The summed E-state index contributed by atoms with van der Waals surface area (Å²) in [5.41, 5.74) is 4.70. The molecule has 2 aliphatic rings. The van der Waals surface area contributed by atoms with Crippen molar-refractivity contribution >= 4 is 17.4 Å². The molecule has 0 radical (unpaired) electrons. The van der Waals surface area contributed by atoms with Crippen LogP contribution in [0.5, 0.6) is 0 Å². The molecular formula is C25H30N4O2. The zero-order valence-electron chi connectivity index (χ0n) is 18.8. The van der Waals surface area contributed by atoms with Crippen LogP contribution in [-0.2, 0) is 16.1 Å². The van der Waals surface area contributed by atoms with Gasteiger partial charge in [0.2, 0.25) is 0 Å². The van der Waals surface area contributed by atoms with E-state index in [9.17, 15) is 9.59 Å². The molecule has 2 amide bonds. The van der Waals surface area contributed by atoms with E-state index in [2.05, 4.69) is 27.9 Å². The summed E-state index contributed by atoms with van der Waals surface area (Å²) in [5, 5.41) is 0. The zero-order chi connectivity index (χ0) is 22.1. The number of amides is 2. The molecule has 31 heavy (non-hydrogen) atoms. The van der Waals surface area contributed by atoms with E-state index >= 15 is 0 Å². The van der Waals surface area contributed by atoms with Crippen molar-refractivity contribution in [2.24, 2.45) is 0 Å². The highest BCUT2D eigenvalue weighted by Gasteiger charge is 2.42. The largest absolute Gasteiger partial charge is 0.366 e. The second-order valence-electron chi connectivity index (χ2n) is 8.70. The number of aryl methyl sites for hydroxylation is 2. The fourth-order valence-electron chi connectivity index (χ4n) is 4.59. The van der Waals surface area contributed by atoms with E-state index < -0.39 is 0 Å². The summed E-state index contributed by atoms with van der Waals surface area (Å²) in [6.07, 6.45) is 3.63. The maximum Gasteiger partial charge on any atom is 0.278 e. The Kier molecular flexibility index (Phi) is 5.92. The summed E-state index contributed by atoms with van der Waals surface area (Å²) in [6, 6.07) is 11.8. The van der Waals surface area contributed by atoms with Gasteiger partial charge in [0.15, 0.2) is 0 Å². The summed E-state index contributed by atoms with van der Waals surface area (Å²) in [5.74, 6) is -0.468. The molecule has 162 valence electrons. The standard InChI is InChI=1S/C25H30N4O2/c1-17-8-9-21(18(2)15-17)22-23(28(4)20-10-13-27(3)14-11-20)25(31)29(24(22)30)16-19-7-5-6-12-26-19/h5-9,12,15,20H,10-11,13-14,16H2,1-4H3. The number of hydrogen-bond acceptors (Lipinski definition) is 5. The third kappa shape index (κ3) is 4.12. The lowest BCUT2D eigenvalue weighted by atomic mass is 9.96. The van der Waals surface area contributed by atoms with Crippen LogP contribution in [0.4, 0.5) is 0 Å². The van der Waals surface area contributed by atoms with Crippen molar-refractivity contribution < 1.29 is 9.59 Å². The van der Waals surface area contributed by atoms with Gasteiger partial charge in [-0.15, -0.1) is 0 Å². The van der Waals surface area contributed by atoms with Crippen LogP contribution in [0.3, 0.4) is 0 Å². The van der Waals surface area contributed by atoms with E-state index in [1.165, 1.54) is 4.90 Å². The van der Waals surface area contributed by atoms with Crippen LogP contribution in [0.15, 0.2) is 48.3 Å². The van der Waals surface area contributed by atoms with Crippen LogP contribution >= 0.6 is 0 Å². The zero-order valence-corrected chi connectivity index (χ0v) is 18.8. The monoisotopic (exact) mass is 418 g/mol. The Balaban J connectivity index is 1.75. The van der Waals surface area contributed by atoms with E-state index in [4.69, 9.17) is 0 Å². The first kappa shape index (κ1) is 21.2. The van der Waals surface area contributed by atoms with Crippen molar-refractivity contribution in [1.82, 2.24) is 19.7 Å². The minimum atomic E-state index is -0.239. The predicted molar refractivity (Wildman–Crippen MR) is 121 cm³/mol. The number of rotatable bonds is 5. The normalized spacial score (nSPS) is 18.3. The second-order valence-corrected chi connectivity index (χ2v) is 8.70. The van der Waals surface area contributed by atoms with Crippen LogP contribution < -0.4 is 0 Å². The molecule has 1 aromatic heterocycles. The van der Waals surface area contributed by atoms with Crippen molar-refractivity contribution in [2.45, 2.75) is 39.3 Å². The molecule has 4 rings (SSSR count). The molecule has 6 heteroatoms. The van der Waals surface area contributed by atoms with Crippen molar-refractivity contribution in [3.8, 4) is 0 Å². The minimum Gasteiger partial charge on any atom is -0.366 e. The van der Waals surface area contributed by atoms with Gasteiger partial charge in [-0.2, -0.15) is 0 Å². The van der Waals surface area contributed by atoms with E-state index in [0.29, 0.717) is 17.0 Å². The molecule has 6 nitrogen and oxygen atoms in total. The summed E-state index contributed by atoms with van der Waals surface area (Å²) >= 11 is 0. The number of nitrogens with zero attached hydrogens (tertiary/aromatic N) is 4. The fraction of sp³-hybridized carbons (Fsp3) is 0.400. The summed E-state index contributed by atoms with van der Waals surface area (Å²) in [6.45, 7) is 6.19. The highest BCUT2D eigenvalue weighted by atomic mass is 16.2. The molecule has 2 aromatic rings. The van der Waals surface area contributed by atoms with Crippen molar-refractivity contribution in [2.75, 3.05) is 27.2 Å². The lowest BCUT2D eigenvalue weighted by molar-refractivity contribution is -0.138. The first-order chi connectivity index (χ1) is 14.9. The number of pyridine rings is 1. The van der Waals surface area contributed by atoms with Gasteiger partial charge in [-0.1, -0.05) is 29.8 Å². The highest BCUT2D eigenvalue weighted by molar-refractivity contribution is 6.35. The van der Waals surface area contributed by atoms with Gasteiger partial charge in [0, 0.05) is 19.3 Å². The smallest absolute Gasteiger partial charge is 0.278 e. The molecule has 3 heterocycles. The third-order valence-electron chi connectivity index (χ3n) is 6.43. The number of hydrogen-bond donors (Lipinski definition) is 0. The molecule has 1 saturated heterocycles. The number of piperidine rings is 1. The lowest BCUT2D eigenvalue weighted by Crippen LogP contribution is -2.43. The number of benzene rings is 1. The van der Waals surface area contributed by atoms with Gasteiger partial charge in [0.1, 0.15) is 5.70 Å². The number of carbonyl (C=O) groups is 2. The predicted octanol–water partition coefficient (Wildman–Crippen LogP) is 3.00. The Bertz CT molecular complexity index is 1020. The van der Waals surface area contributed by atoms with Crippen molar-refractivity contribution in [1.29, 1.82) is 0 Å². The van der Waals surface area contributed by atoms with Gasteiger partial charge < -0.3 is 9.80 Å². The number of carbonyl (C=O) groups excluding carboxylic acids is 2. The number of imide groups is 1. The number of likely N-dealkylation sites (tertiary alicyclic amines) is 1. The molecular weight excluding hydrogens is 388 g/mol. The van der Waals surface area contributed by atoms with Gasteiger partial charge in [-0.05, 0) is 70.1 Å². The molecule has 1 aromatic carbocycles. The average Bonchev–Trinajstić information content (AvgIpc) is 2.99. The molecule has 0 atom stereocenters. The fourth-order valence-corrected chi connectivity index (χ4v) is 4.59. The van der Waals surface area contributed by atoms with Crippen LogP contribution in [0, 0.1) is 13.8 Å². The Morgan fingerprint density at radius 3 is 2.45 bits per heavy atom. The molecule has 2 aliphatic heterocycles. The van der Waals surface area contributed by atoms with Gasteiger partial charge in [-0.3, -0.25) is 19.5 Å². The van der Waals surface area contributed by atoms with Crippen LogP contribution in [-0.4, -0.2) is 64.7 Å². The Morgan fingerprint density at radius 2 is 1.81 bits per heavy atom. The Morgan fingerprint density at radius 1 is 1.06 bits per heavy atom. The number of aromatic nitrogens is 1. The third-order valence-corrected chi connectivity index (χ3v) is 6.43. The Hall–Kier alpha value is -2.99. The average molecular weight is 419 g/mol. The molecule has 1 fully saturated rings. The number of likely N-dealkylation sites (N-methyl/N-ethyl adjacent to an activating group) is 1. The van der Waals surface area contributed by atoms with Crippen molar-refractivity contribution in [3.05, 3.63) is 70.7 Å². The quantitative estimate of drug-likeness (QED) is 0.699. The lowest BCUT2D eigenvalue weighted by Gasteiger charge is -2.36. The van der Waals surface area contributed by atoms with Crippen LogP contribution in [0.25, 0.3) is 5.57 Å². The SMILES string of the molecule is Cc1ccc(C2=C(N(C)C3CCN(C)CC3)C(=O)N(Cc3ccccn3)C2=O)c(C)c1. The van der Waals surface area contributed by atoms with Crippen LogP contribution in [0.1, 0.15) is 35.2 Å². The highest BCUT2D eigenvalue weighted by Crippen LogP contribution is 2.35. The van der Waals surface area contributed by atoms with Gasteiger partial charge in [-0.25, -0.2) is 0 Å². The molecule has 0 bridgehead atoms. The first-order valence-electron chi connectivity index (χ1n) is 10.9. The molecule has 0 aliphatic carbocycles. The Labute approximate surface area is 184 Å². The van der Waals surface area contributed by atoms with Crippen LogP contribution in [0.2, 0.25) is 0 Å². The topological polar surface area (TPSA) is 56.8 Å². The van der Waals surface area contributed by atoms with E-state index in [0.717, 1.165) is 42.6 Å². The summed E-state index contributed by atoms with van der Waals surface area (Å²) < 4.78 is 0. The summed E-state index contributed by atoms with van der Waals surface area (Å²) in [4.78, 5) is 37.2. The van der Waals surface area contributed by atoms with Gasteiger partial charge >= 0.3 is 0 Å². The molecule has 0 spiro atoms. The molecule has 0 N–H and O–H groups in total. The maximum absolute atomic E-state index is 13.6. The van der Waals surface area contributed by atoms with Crippen molar-refractivity contribution in [3.63, 3.8) is 0 Å². The second kappa shape index (κ2) is 8.63. The molecule has 0 saturated carbocycles.